The molecule has 132 valence electrons. The Labute approximate surface area is 146 Å². The van der Waals surface area contributed by atoms with Crippen LogP contribution in [0.1, 0.15) is 31.7 Å². The van der Waals surface area contributed by atoms with Gasteiger partial charge in [-0.3, -0.25) is 4.79 Å². The Bertz CT molecular complexity index is 611. The zero-order valence-corrected chi connectivity index (χ0v) is 15.3. The van der Waals surface area contributed by atoms with Gasteiger partial charge in [0.05, 0.1) is 5.25 Å². The Morgan fingerprint density at radius 3 is 2.71 bits per heavy atom. The van der Waals surface area contributed by atoms with Crippen LogP contribution in [0.5, 0.6) is 0 Å². The standard InChI is InChI=1S/C17H24FN3O2S/c1-11(2)19-17(23)20(4)9-10-21-15(22)12(3)24-16(21)13-7-5-6-8-14(13)18/h5-8,11-12,16H,9-10H2,1-4H3,(H,19,23)/t12-,16+/m1/s1. The minimum atomic E-state index is -0.352. The van der Waals surface area contributed by atoms with Gasteiger partial charge >= 0.3 is 6.03 Å². The second-order valence-electron chi connectivity index (χ2n) is 6.21. The van der Waals surface area contributed by atoms with Crippen molar-refractivity contribution in [3.8, 4) is 0 Å². The van der Waals surface area contributed by atoms with Crippen molar-refractivity contribution in [2.75, 3.05) is 20.1 Å². The number of benzene rings is 1. The van der Waals surface area contributed by atoms with Crippen molar-refractivity contribution >= 4 is 23.7 Å². The van der Waals surface area contributed by atoms with E-state index < -0.39 is 0 Å². The zero-order chi connectivity index (χ0) is 17.9. The highest BCUT2D eigenvalue weighted by Crippen LogP contribution is 2.43. The quantitative estimate of drug-likeness (QED) is 0.886. The van der Waals surface area contributed by atoms with Crippen molar-refractivity contribution in [2.24, 2.45) is 0 Å². The number of carbonyl (C=O) groups excluding carboxylic acids is 2. The van der Waals surface area contributed by atoms with Gasteiger partial charge in [-0.25, -0.2) is 9.18 Å². The summed E-state index contributed by atoms with van der Waals surface area (Å²) in [5.41, 5.74) is 0.509. The van der Waals surface area contributed by atoms with Crippen molar-refractivity contribution in [3.63, 3.8) is 0 Å². The van der Waals surface area contributed by atoms with E-state index in [9.17, 15) is 14.0 Å². The Kier molecular flexibility index (Phi) is 6.10. The first-order valence-corrected chi connectivity index (χ1v) is 8.97. The van der Waals surface area contributed by atoms with Crippen LogP contribution in [0, 0.1) is 5.82 Å². The number of urea groups is 1. The molecule has 0 bridgehead atoms. The van der Waals surface area contributed by atoms with E-state index in [1.165, 1.54) is 17.8 Å². The number of likely N-dealkylation sites (N-methyl/N-ethyl adjacent to an activating group) is 1. The predicted octanol–water partition coefficient (Wildman–Crippen LogP) is 2.84. The largest absolute Gasteiger partial charge is 0.336 e. The molecule has 2 rings (SSSR count). The fraction of sp³-hybridized carbons (Fsp3) is 0.529. The lowest BCUT2D eigenvalue weighted by atomic mass is 10.2. The second kappa shape index (κ2) is 7.88. The third-order valence-electron chi connectivity index (χ3n) is 3.85. The molecule has 0 aromatic heterocycles. The molecule has 5 nitrogen and oxygen atoms in total. The molecule has 0 aliphatic carbocycles. The van der Waals surface area contributed by atoms with E-state index in [2.05, 4.69) is 5.32 Å². The molecule has 2 atom stereocenters. The van der Waals surface area contributed by atoms with Gasteiger partial charge in [0.1, 0.15) is 11.2 Å². The summed E-state index contributed by atoms with van der Waals surface area (Å²) in [4.78, 5) is 27.6. The van der Waals surface area contributed by atoms with Crippen LogP contribution in [-0.4, -0.2) is 53.2 Å². The van der Waals surface area contributed by atoms with Crippen molar-refractivity contribution < 1.29 is 14.0 Å². The van der Waals surface area contributed by atoms with Gasteiger partial charge in [-0.2, -0.15) is 0 Å². The summed E-state index contributed by atoms with van der Waals surface area (Å²) >= 11 is 1.44. The molecule has 1 N–H and O–H groups in total. The lowest BCUT2D eigenvalue weighted by Crippen LogP contribution is -2.44. The Morgan fingerprint density at radius 2 is 2.08 bits per heavy atom. The van der Waals surface area contributed by atoms with Crippen molar-refractivity contribution in [3.05, 3.63) is 35.6 Å². The molecule has 0 radical (unpaired) electrons. The Morgan fingerprint density at radius 1 is 1.42 bits per heavy atom. The normalized spacial score (nSPS) is 20.6. The molecule has 0 unspecified atom stereocenters. The highest BCUT2D eigenvalue weighted by Gasteiger charge is 2.39. The maximum absolute atomic E-state index is 14.1. The second-order valence-corrected chi connectivity index (χ2v) is 7.64. The number of hydrogen-bond donors (Lipinski definition) is 1. The van der Waals surface area contributed by atoms with Crippen LogP contribution in [0.2, 0.25) is 0 Å². The van der Waals surface area contributed by atoms with Gasteiger partial charge in [0.25, 0.3) is 0 Å². The van der Waals surface area contributed by atoms with Gasteiger partial charge in [0, 0.05) is 31.7 Å². The van der Waals surface area contributed by atoms with Gasteiger partial charge in [-0.05, 0) is 26.8 Å². The van der Waals surface area contributed by atoms with Crippen LogP contribution in [0.4, 0.5) is 9.18 Å². The van der Waals surface area contributed by atoms with E-state index in [4.69, 9.17) is 0 Å². The average Bonchev–Trinajstić information content (AvgIpc) is 2.80. The first-order chi connectivity index (χ1) is 11.3. The number of carbonyl (C=O) groups is 2. The predicted molar refractivity (Wildman–Crippen MR) is 94.2 cm³/mol. The summed E-state index contributed by atoms with van der Waals surface area (Å²) in [5, 5.41) is 2.24. The van der Waals surface area contributed by atoms with Crippen LogP contribution < -0.4 is 5.32 Å². The number of amides is 3. The minimum Gasteiger partial charge on any atom is -0.336 e. The van der Waals surface area contributed by atoms with Crippen LogP contribution in [0.3, 0.4) is 0 Å². The van der Waals surface area contributed by atoms with Crippen molar-refractivity contribution in [1.29, 1.82) is 0 Å². The molecule has 1 aliphatic rings. The Hall–Kier alpha value is -1.76. The SMILES string of the molecule is CC(C)NC(=O)N(C)CCN1C(=O)[C@@H](C)S[C@H]1c1ccccc1F. The molecule has 1 heterocycles. The third kappa shape index (κ3) is 4.20. The highest BCUT2D eigenvalue weighted by atomic mass is 32.2. The topological polar surface area (TPSA) is 52.7 Å². The number of nitrogens with zero attached hydrogens (tertiary/aromatic N) is 2. The number of hydrogen-bond acceptors (Lipinski definition) is 3. The zero-order valence-electron chi connectivity index (χ0n) is 14.5. The van der Waals surface area contributed by atoms with Gasteiger partial charge in [-0.15, -0.1) is 11.8 Å². The summed E-state index contributed by atoms with van der Waals surface area (Å²) < 4.78 is 14.1. The van der Waals surface area contributed by atoms with Crippen molar-refractivity contribution in [1.82, 2.24) is 15.1 Å². The van der Waals surface area contributed by atoms with E-state index in [0.717, 1.165) is 0 Å². The minimum absolute atomic E-state index is 0.0223. The molecule has 0 saturated carbocycles. The molecule has 1 aromatic rings. The first kappa shape index (κ1) is 18.6. The number of halogens is 1. The summed E-state index contributed by atoms with van der Waals surface area (Å²) in [6.45, 7) is 6.38. The molecule has 0 spiro atoms. The molecule has 3 amide bonds. The fourth-order valence-corrected chi connectivity index (χ4v) is 3.87. The summed E-state index contributed by atoms with van der Waals surface area (Å²) in [6, 6.07) is 6.39. The van der Waals surface area contributed by atoms with Gasteiger partial charge in [0.15, 0.2) is 0 Å². The highest BCUT2D eigenvalue weighted by molar-refractivity contribution is 8.01. The molecular formula is C17H24FN3O2S. The number of thioether (sulfide) groups is 1. The first-order valence-electron chi connectivity index (χ1n) is 8.03. The maximum Gasteiger partial charge on any atom is 0.317 e. The molecule has 1 saturated heterocycles. The summed E-state index contributed by atoms with van der Waals surface area (Å²) in [5.74, 6) is -0.335. The maximum atomic E-state index is 14.1. The molecule has 24 heavy (non-hydrogen) atoms. The van der Waals surface area contributed by atoms with E-state index in [1.807, 2.05) is 20.8 Å². The number of rotatable bonds is 5. The van der Waals surface area contributed by atoms with Crippen LogP contribution in [0.15, 0.2) is 24.3 Å². The fourth-order valence-electron chi connectivity index (χ4n) is 2.53. The molecule has 7 heteroatoms. The summed E-state index contributed by atoms with van der Waals surface area (Å²) in [6.07, 6.45) is 0. The number of nitrogens with one attached hydrogen (secondary N) is 1. The smallest absolute Gasteiger partial charge is 0.317 e. The molecular weight excluding hydrogens is 329 g/mol. The lowest BCUT2D eigenvalue weighted by Gasteiger charge is -2.27. The van der Waals surface area contributed by atoms with E-state index in [1.54, 1.807) is 35.0 Å². The van der Waals surface area contributed by atoms with Gasteiger partial charge < -0.3 is 15.1 Å². The van der Waals surface area contributed by atoms with Crippen LogP contribution in [0.25, 0.3) is 0 Å². The van der Waals surface area contributed by atoms with E-state index in [-0.39, 0.29) is 34.4 Å². The van der Waals surface area contributed by atoms with Crippen LogP contribution in [-0.2, 0) is 4.79 Å². The molecule has 1 fully saturated rings. The molecule has 1 aliphatic heterocycles. The lowest BCUT2D eigenvalue weighted by molar-refractivity contribution is -0.129. The third-order valence-corrected chi connectivity index (χ3v) is 5.23. The Balaban J connectivity index is 2.07. The summed E-state index contributed by atoms with van der Waals surface area (Å²) in [7, 11) is 1.69. The van der Waals surface area contributed by atoms with E-state index >= 15 is 0 Å². The van der Waals surface area contributed by atoms with Gasteiger partial charge in [0.2, 0.25) is 5.91 Å². The van der Waals surface area contributed by atoms with Crippen molar-refractivity contribution in [2.45, 2.75) is 37.4 Å². The monoisotopic (exact) mass is 353 g/mol. The van der Waals surface area contributed by atoms with E-state index in [0.29, 0.717) is 18.7 Å². The van der Waals surface area contributed by atoms with Gasteiger partial charge in [-0.1, -0.05) is 18.2 Å². The average molecular weight is 353 g/mol. The molecule has 1 aromatic carbocycles. The van der Waals surface area contributed by atoms with Crippen LogP contribution >= 0.6 is 11.8 Å².